The molecule has 1 aliphatic rings. The van der Waals surface area contributed by atoms with E-state index in [1.54, 1.807) is 11.4 Å². The maximum Gasteiger partial charge on any atom is 0.241 e. The van der Waals surface area contributed by atoms with Gasteiger partial charge in [0.1, 0.15) is 0 Å². The van der Waals surface area contributed by atoms with Crippen LogP contribution in [0.25, 0.3) is 0 Å². The highest BCUT2D eigenvalue weighted by molar-refractivity contribution is 7.89. The lowest BCUT2D eigenvalue weighted by atomic mass is 9.93. The molecule has 1 heterocycles. The van der Waals surface area contributed by atoms with E-state index in [-0.39, 0.29) is 5.41 Å². The predicted octanol–water partition coefficient (Wildman–Crippen LogP) is 1.92. The summed E-state index contributed by atoms with van der Waals surface area (Å²) in [4.78, 5) is 1.23. The van der Waals surface area contributed by atoms with E-state index in [9.17, 15) is 8.42 Å². The van der Waals surface area contributed by atoms with Gasteiger partial charge in [0.25, 0.3) is 0 Å². The number of nitrogens with one attached hydrogen (secondary N) is 1. The van der Waals surface area contributed by atoms with Crippen molar-refractivity contribution < 1.29 is 8.42 Å². The van der Waals surface area contributed by atoms with Gasteiger partial charge in [-0.1, -0.05) is 13.8 Å². The quantitative estimate of drug-likeness (QED) is 0.840. The first-order chi connectivity index (χ1) is 8.39. The van der Waals surface area contributed by atoms with Crippen molar-refractivity contribution >= 4 is 21.4 Å². The molecule has 0 saturated heterocycles. The minimum atomic E-state index is -3.37. The van der Waals surface area contributed by atoms with E-state index in [1.807, 2.05) is 0 Å². The van der Waals surface area contributed by atoms with Crippen molar-refractivity contribution in [3.05, 3.63) is 16.3 Å². The molecule has 102 valence electrons. The van der Waals surface area contributed by atoms with Crippen LogP contribution >= 0.6 is 11.3 Å². The van der Waals surface area contributed by atoms with Crippen molar-refractivity contribution in [3.8, 4) is 0 Å². The van der Waals surface area contributed by atoms with Gasteiger partial charge >= 0.3 is 0 Å². The Bertz CT molecular complexity index is 516. The summed E-state index contributed by atoms with van der Waals surface area (Å²) in [5.74, 6) is 0.516. The number of sulfonamides is 1. The van der Waals surface area contributed by atoms with E-state index >= 15 is 0 Å². The molecule has 0 unspecified atom stereocenters. The fraction of sp³-hybridized carbons (Fsp3) is 0.667. The number of hydrogen-bond acceptors (Lipinski definition) is 4. The topological polar surface area (TPSA) is 72.2 Å². The number of thiophene rings is 1. The van der Waals surface area contributed by atoms with E-state index in [1.165, 1.54) is 11.3 Å². The molecule has 1 aromatic rings. The van der Waals surface area contributed by atoms with E-state index in [2.05, 4.69) is 18.6 Å². The van der Waals surface area contributed by atoms with Gasteiger partial charge in [-0.05, 0) is 30.2 Å². The third kappa shape index (κ3) is 2.77. The minimum Gasteiger partial charge on any atom is -0.326 e. The average Bonchev–Trinajstić information content (AvgIpc) is 2.96. The normalized spacial score (nSPS) is 18.2. The Labute approximate surface area is 113 Å². The Hall–Kier alpha value is -0.430. The van der Waals surface area contributed by atoms with E-state index in [4.69, 9.17) is 5.73 Å². The first kappa shape index (κ1) is 14.0. The molecule has 18 heavy (non-hydrogen) atoms. The molecule has 4 nitrogen and oxygen atoms in total. The molecule has 0 aliphatic heterocycles. The van der Waals surface area contributed by atoms with E-state index < -0.39 is 10.0 Å². The second-order valence-electron chi connectivity index (χ2n) is 5.29. The van der Waals surface area contributed by atoms with Gasteiger partial charge < -0.3 is 5.73 Å². The minimum absolute atomic E-state index is 0.180. The highest BCUT2D eigenvalue weighted by Crippen LogP contribution is 2.51. The van der Waals surface area contributed by atoms with Crippen molar-refractivity contribution in [1.29, 1.82) is 0 Å². The Kier molecular flexibility index (Phi) is 3.82. The van der Waals surface area contributed by atoms with Crippen LogP contribution in [-0.2, 0) is 16.6 Å². The van der Waals surface area contributed by atoms with E-state index in [0.717, 1.165) is 17.7 Å². The Morgan fingerprint density at radius 3 is 2.61 bits per heavy atom. The van der Waals surface area contributed by atoms with Crippen molar-refractivity contribution in [2.45, 2.75) is 38.1 Å². The molecule has 1 fully saturated rings. The van der Waals surface area contributed by atoms with Gasteiger partial charge in [-0.2, -0.15) is 0 Å². The molecular formula is C12H20N2O2S2. The maximum atomic E-state index is 12.1. The fourth-order valence-electron chi connectivity index (χ4n) is 2.05. The summed E-state index contributed by atoms with van der Waals surface area (Å²) in [6.45, 7) is 5.23. The third-order valence-corrected chi connectivity index (χ3v) is 6.36. The average molecular weight is 288 g/mol. The molecule has 0 radical (unpaired) electrons. The second-order valence-corrected chi connectivity index (χ2v) is 8.06. The summed E-state index contributed by atoms with van der Waals surface area (Å²) in [5, 5.41) is 1.65. The van der Waals surface area contributed by atoms with Gasteiger partial charge in [-0.25, -0.2) is 13.1 Å². The monoisotopic (exact) mass is 288 g/mol. The van der Waals surface area contributed by atoms with Gasteiger partial charge in [0.15, 0.2) is 0 Å². The highest BCUT2D eigenvalue weighted by atomic mass is 32.2. The zero-order valence-corrected chi connectivity index (χ0v) is 12.4. The Balaban J connectivity index is 2.04. The number of nitrogens with two attached hydrogens (primary N) is 1. The largest absolute Gasteiger partial charge is 0.326 e. The summed E-state index contributed by atoms with van der Waals surface area (Å²) in [6.07, 6.45) is 2.23. The highest BCUT2D eigenvalue weighted by Gasteiger charge is 2.45. The van der Waals surface area contributed by atoms with Crippen LogP contribution in [0.15, 0.2) is 16.3 Å². The van der Waals surface area contributed by atoms with E-state index in [0.29, 0.717) is 23.9 Å². The van der Waals surface area contributed by atoms with Crippen LogP contribution in [-0.4, -0.2) is 15.0 Å². The van der Waals surface area contributed by atoms with Crippen LogP contribution in [0.2, 0.25) is 0 Å². The molecule has 6 heteroatoms. The summed E-state index contributed by atoms with van der Waals surface area (Å²) in [7, 11) is -3.37. The summed E-state index contributed by atoms with van der Waals surface area (Å²) in [5.41, 5.74) is 5.67. The number of hydrogen-bond donors (Lipinski definition) is 2. The molecule has 0 spiro atoms. The zero-order chi connectivity index (χ0) is 13.4. The van der Waals surface area contributed by atoms with Crippen LogP contribution in [0, 0.1) is 11.3 Å². The molecule has 0 atom stereocenters. The van der Waals surface area contributed by atoms with Crippen molar-refractivity contribution in [2.24, 2.45) is 17.1 Å². The molecule has 2 rings (SSSR count). The van der Waals surface area contributed by atoms with Crippen molar-refractivity contribution in [1.82, 2.24) is 4.72 Å². The smallest absolute Gasteiger partial charge is 0.241 e. The maximum absolute atomic E-state index is 12.1. The molecule has 0 aromatic carbocycles. The first-order valence-corrected chi connectivity index (χ1v) is 8.53. The van der Waals surface area contributed by atoms with Gasteiger partial charge in [-0.3, -0.25) is 0 Å². The first-order valence-electron chi connectivity index (χ1n) is 6.17. The Morgan fingerprint density at radius 1 is 1.50 bits per heavy atom. The van der Waals surface area contributed by atoms with Gasteiger partial charge in [0, 0.05) is 23.3 Å². The van der Waals surface area contributed by atoms with Crippen LogP contribution in [0.1, 0.15) is 31.6 Å². The molecule has 0 bridgehead atoms. The lowest BCUT2D eigenvalue weighted by Gasteiger charge is -2.19. The molecule has 0 amide bonds. The molecule has 3 N–H and O–H groups in total. The molecule has 1 aromatic heterocycles. The number of rotatable bonds is 6. The molecule has 1 saturated carbocycles. The van der Waals surface area contributed by atoms with Crippen LogP contribution in [0.5, 0.6) is 0 Å². The SMILES string of the molecule is CC(C)C1(CNS(=O)(=O)c2csc(CN)c2)CC1. The van der Waals surface area contributed by atoms with Crippen LogP contribution in [0.3, 0.4) is 0 Å². The summed E-state index contributed by atoms with van der Waals surface area (Å²) >= 11 is 1.39. The summed E-state index contributed by atoms with van der Waals surface area (Å²) in [6, 6.07) is 1.65. The zero-order valence-electron chi connectivity index (χ0n) is 10.8. The second kappa shape index (κ2) is 4.92. The van der Waals surface area contributed by atoms with Crippen molar-refractivity contribution in [3.63, 3.8) is 0 Å². The predicted molar refractivity (Wildman–Crippen MR) is 73.9 cm³/mol. The molecular weight excluding hydrogens is 268 g/mol. The third-order valence-electron chi connectivity index (χ3n) is 3.87. The Morgan fingerprint density at radius 2 is 2.17 bits per heavy atom. The van der Waals surface area contributed by atoms with Crippen LogP contribution in [0.4, 0.5) is 0 Å². The molecule has 1 aliphatic carbocycles. The lowest BCUT2D eigenvalue weighted by Crippen LogP contribution is -2.32. The van der Waals surface area contributed by atoms with Gasteiger partial charge in [-0.15, -0.1) is 11.3 Å². The standard InChI is InChI=1S/C12H20N2O2S2/c1-9(2)12(3-4-12)8-14-18(15,16)11-5-10(6-13)17-7-11/h5,7,9,14H,3-4,6,8,13H2,1-2H3. The summed E-state index contributed by atoms with van der Waals surface area (Å²) < 4.78 is 27.0. The van der Waals surface area contributed by atoms with Crippen LogP contribution < -0.4 is 10.5 Å². The van der Waals surface area contributed by atoms with Crippen molar-refractivity contribution in [2.75, 3.05) is 6.54 Å². The van der Waals surface area contributed by atoms with Gasteiger partial charge in [0.05, 0.1) is 4.90 Å². The van der Waals surface area contributed by atoms with Gasteiger partial charge in [0.2, 0.25) is 10.0 Å². The lowest BCUT2D eigenvalue weighted by molar-refractivity contribution is 0.357. The fourth-order valence-corrected chi connectivity index (χ4v) is 4.34.